The molecule has 6 nitrogen and oxygen atoms in total. The third-order valence-electron chi connectivity index (χ3n) is 5.31. The molecule has 0 bridgehead atoms. The van der Waals surface area contributed by atoms with E-state index >= 15 is 0 Å². The van der Waals surface area contributed by atoms with Crippen LogP contribution in [0.1, 0.15) is 49.3 Å². The van der Waals surface area contributed by atoms with E-state index in [2.05, 4.69) is 19.7 Å². The Hall–Kier alpha value is -1.80. The summed E-state index contributed by atoms with van der Waals surface area (Å²) in [5.41, 5.74) is 1.62. The summed E-state index contributed by atoms with van der Waals surface area (Å²) in [6.07, 6.45) is 6.10. The van der Waals surface area contributed by atoms with Gasteiger partial charge in [-0.1, -0.05) is 11.8 Å². The van der Waals surface area contributed by atoms with E-state index in [0.717, 1.165) is 41.1 Å². The normalized spacial score (nSPS) is 19.7. The van der Waals surface area contributed by atoms with Gasteiger partial charge in [0, 0.05) is 36.0 Å². The molecular formula is C19H23FN4O2S. The molecular weight excluding hydrogens is 367 g/mol. The fraction of sp³-hybridized carbons (Fsp3) is 0.579. The van der Waals surface area contributed by atoms with Gasteiger partial charge in [0.05, 0.1) is 6.61 Å². The number of halogens is 1. The second-order valence-electron chi connectivity index (χ2n) is 7.38. The number of rotatable bonds is 5. The number of anilines is 1. The molecule has 3 aliphatic rings. The second-order valence-corrected chi connectivity index (χ2v) is 8.33. The standard InChI is InChI=1S/C19H23FN4O2S/c20-15-8-13-10-25-12-26-17(13)14(9-15)11-27-19-22-21-18(24(19)16-4-5-16)23-6-2-1-3-7-23/h8-9,16H,1-7,10-12H2. The molecule has 1 aromatic carbocycles. The van der Waals surface area contributed by atoms with Crippen LogP contribution >= 0.6 is 11.8 Å². The van der Waals surface area contributed by atoms with Crippen molar-refractivity contribution in [3.63, 3.8) is 0 Å². The van der Waals surface area contributed by atoms with Crippen LogP contribution in [0, 0.1) is 5.82 Å². The number of thioether (sulfide) groups is 1. The molecule has 0 amide bonds. The van der Waals surface area contributed by atoms with Crippen molar-refractivity contribution in [2.45, 2.75) is 55.7 Å². The van der Waals surface area contributed by atoms with Crippen LogP contribution in [-0.4, -0.2) is 34.6 Å². The zero-order chi connectivity index (χ0) is 18.2. The largest absolute Gasteiger partial charge is 0.467 e. The number of fused-ring (bicyclic) bond motifs is 1. The number of benzene rings is 1. The summed E-state index contributed by atoms with van der Waals surface area (Å²) in [6.45, 7) is 2.72. The van der Waals surface area contributed by atoms with Crippen LogP contribution in [0.5, 0.6) is 5.75 Å². The number of hydrogen-bond acceptors (Lipinski definition) is 6. The maximum Gasteiger partial charge on any atom is 0.228 e. The smallest absolute Gasteiger partial charge is 0.228 e. The lowest BCUT2D eigenvalue weighted by Crippen LogP contribution is -2.31. The molecule has 1 saturated carbocycles. The van der Waals surface area contributed by atoms with E-state index in [-0.39, 0.29) is 12.6 Å². The van der Waals surface area contributed by atoms with Gasteiger partial charge in [-0.05, 0) is 44.2 Å². The Bertz CT molecular complexity index is 833. The third-order valence-corrected chi connectivity index (χ3v) is 6.30. The minimum Gasteiger partial charge on any atom is -0.467 e. The highest BCUT2D eigenvalue weighted by Gasteiger charge is 2.32. The topological polar surface area (TPSA) is 52.4 Å². The molecule has 1 aliphatic carbocycles. The lowest BCUT2D eigenvalue weighted by Gasteiger charge is -2.27. The van der Waals surface area contributed by atoms with Crippen LogP contribution in [-0.2, 0) is 17.1 Å². The molecule has 2 fully saturated rings. The Morgan fingerprint density at radius 3 is 2.81 bits per heavy atom. The van der Waals surface area contributed by atoms with Gasteiger partial charge in [-0.15, -0.1) is 10.2 Å². The first-order valence-electron chi connectivity index (χ1n) is 9.64. The van der Waals surface area contributed by atoms with Crippen molar-refractivity contribution in [2.24, 2.45) is 0 Å². The van der Waals surface area contributed by atoms with Crippen molar-refractivity contribution in [3.8, 4) is 5.75 Å². The van der Waals surface area contributed by atoms with Gasteiger partial charge in [0.2, 0.25) is 5.95 Å². The summed E-state index contributed by atoms with van der Waals surface area (Å²) in [4.78, 5) is 2.36. The average Bonchev–Trinajstić information content (AvgIpc) is 3.45. The van der Waals surface area contributed by atoms with Crippen molar-refractivity contribution < 1.29 is 13.9 Å². The van der Waals surface area contributed by atoms with Crippen LogP contribution < -0.4 is 9.64 Å². The fourth-order valence-corrected chi connectivity index (χ4v) is 4.80. The number of aromatic nitrogens is 3. The minimum atomic E-state index is -0.254. The number of piperidine rings is 1. The predicted octanol–water partition coefficient (Wildman–Crippen LogP) is 3.90. The van der Waals surface area contributed by atoms with E-state index in [4.69, 9.17) is 9.47 Å². The Morgan fingerprint density at radius 2 is 2.00 bits per heavy atom. The summed E-state index contributed by atoms with van der Waals surface area (Å²) in [5.74, 6) is 2.11. The highest BCUT2D eigenvalue weighted by Crippen LogP contribution is 2.42. The first-order chi connectivity index (χ1) is 13.3. The summed E-state index contributed by atoms with van der Waals surface area (Å²) in [5, 5.41) is 9.91. The van der Waals surface area contributed by atoms with Crippen LogP contribution in [0.25, 0.3) is 0 Å². The molecule has 1 aromatic heterocycles. The molecule has 5 rings (SSSR count). The summed E-state index contributed by atoms with van der Waals surface area (Å²) < 4.78 is 27.2. The minimum absolute atomic E-state index is 0.216. The summed E-state index contributed by atoms with van der Waals surface area (Å²) >= 11 is 1.61. The first kappa shape index (κ1) is 17.3. The molecule has 0 radical (unpaired) electrons. The first-order valence-corrected chi connectivity index (χ1v) is 10.6. The van der Waals surface area contributed by atoms with Gasteiger partial charge in [0.15, 0.2) is 11.9 Å². The predicted molar refractivity (Wildman–Crippen MR) is 101 cm³/mol. The highest BCUT2D eigenvalue weighted by molar-refractivity contribution is 7.98. The van der Waals surface area contributed by atoms with E-state index in [9.17, 15) is 4.39 Å². The molecule has 0 unspecified atom stereocenters. The lowest BCUT2D eigenvalue weighted by atomic mass is 10.1. The van der Waals surface area contributed by atoms with Crippen molar-refractivity contribution in [1.82, 2.24) is 14.8 Å². The second kappa shape index (κ2) is 7.31. The van der Waals surface area contributed by atoms with E-state index in [1.807, 2.05) is 0 Å². The lowest BCUT2D eigenvalue weighted by molar-refractivity contribution is -0.0171. The number of ether oxygens (including phenoxy) is 2. The Kier molecular flexibility index (Phi) is 4.69. The van der Waals surface area contributed by atoms with Gasteiger partial charge in [-0.25, -0.2) is 4.39 Å². The zero-order valence-electron chi connectivity index (χ0n) is 15.2. The summed E-state index contributed by atoms with van der Waals surface area (Å²) in [6, 6.07) is 3.55. The van der Waals surface area contributed by atoms with E-state index in [0.29, 0.717) is 18.4 Å². The van der Waals surface area contributed by atoms with Crippen molar-refractivity contribution in [3.05, 3.63) is 29.1 Å². The maximum atomic E-state index is 14.0. The Morgan fingerprint density at radius 1 is 1.15 bits per heavy atom. The molecule has 2 aromatic rings. The fourth-order valence-electron chi connectivity index (χ4n) is 3.84. The van der Waals surface area contributed by atoms with E-state index in [1.165, 1.54) is 38.2 Å². The third kappa shape index (κ3) is 3.52. The van der Waals surface area contributed by atoms with Gasteiger partial charge in [0.1, 0.15) is 11.6 Å². The average molecular weight is 390 g/mol. The molecule has 0 spiro atoms. The molecule has 2 aliphatic heterocycles. The van der Waals surface area contributed by atoms with Gasteiger partial charge < -0.3 is 14.4 Å². The molecule has 0 N–H and O–H groups in total. The van der Waals surface area contributed by atoms with Crippen molar-refractivity contribution in [1.29, 1.82) is 0 Å². The van der Waals surface area contributed by atoms with Crippen LogP contribution in [0.2, 0.25) is 0 Å². The number of hydrogen-bond donors (Lipinski definition) is 0. The van der Waals surface area contributed by atoms with Gasteiger partial charge >= 0.3 is 0 Å². The molecule has 27 heavy (non-hydrogen) atoms. The maximum absolute atomic E-state index is 14.0. The van der Waals surface area contributed by atoms with Gasteiger partial charge in [0.25, 0.3) is 0 Å². The molecule has 0 atom stereocenters. The Balaban J connectivity index is 1.39. The Labute approximate surface area is 162 Å². The highest BCUT2D eigenvalue weighted by atomic mass is 32.2. The zero-order valence-corrected chi connectivity index (χ0v) is 16.0. The van der Waals surface area contributed by atoms with Gasteiger partial charge in [-0.2, -0.15) is 0 Å². The quantitative estimate of drug-likeness (QED) is 0.722. The van der Waals surface area contributed by atoms with E-state index < -0.39 is 0 Å². The van der Waals surface area contributed by atoms with Gasteiger partial charge in [-0.3, -0.25) is 4.57 Å². The SMILES string of the molecule is Fc1cc2c(c(CSc3nnc(N4CCCCC4)n3C3CC3)c1)OCOC2. The molecule has 8 heteroatoms. The van der Waals surface area contributed by atoms with Crippen LogP contribution in [0.15, 0.2) is 17.3 Å². The monoisotopic (exact) mass is 390 g/mol. The number of nitrogens with zero attached hydrogens (tertiary/aromatic N) is 4. The molecule has 3 heterocycles. The van der Waals surface area contributed by atoms with Crippen LogP contribution in [0.4, 0.5) is 10.3 Å². The van der Waals surface area contributed by atoms with Crippen LogP contribution in [0.3, 0.4) is 0 Å². The van der Waals surface area contributed by atoms with Crippen molar-refractivity contribution in [2.75, 3.05) is 24.8 Å². The summed E-state index contributed by atoms with van der Waals surface area (Å²) in [7, 11) is 0. The van der Waals surface area contributed by atoms with E-state index in [1.54, 1.807) is 17.8 Å². The van der Waals surface area contributed by atoms with Crippen molar-refractivity contribution >= 4 is 17.7 Å². The molecule has 144 valence electrons. The molecule has 1 saturated heterocycles.